The largest absolute Gasteiger partial charge is 0.324 e. The Morgan fingerprint density at radius 1 is 1.44 bits per heavy atom. The van der Waals surface area contributed by atoms with Crippen molar-refractivity contribution >= 4 is 0 Å². The molecule has 0 amide bonds. The minimum Gasteiger partial charge on any atom is -0.324 e. The lowest BCUT2D eigenvalue weighted by atomic mass is 10.1. The number of aromatic nitrogens is 2. The highest BCUT2D eigenvalue weighted by atomic mass is 19.1. The second kappa shape index (κ2) is 4.06. The predicted octanol–water partition coefficient (Wildman–Crippen LogP) is 2.34. The van der Waals surface area contributed by atoms with Crippen molar-refractivity contribution in [1.29, 1.82) is 0 Å². The molecule has 1 aromatic heterocycles. The van der Waals surface area contributed by atoms with Gasteiger partial charge in [0.25, 0.3) is 0 Å². The van der Waals surface area contributed by atoms with Crippen molar-refractivity contribution in [1.82, 2.24) is 9.78 Å². The Labute approximate surface area is 93.7 Å². The number of hydrogen-bond acceptors (Lipinski definition) is 2. The van der Waals surface area contributed by atoms with E-state index in [9.17, 15) is 4.39 Å². The number of aryl methyl sites for hydroxylation is 1. The molecule has 0 bridgehead atoms. The molecule has 0 aliphatic carbocycles. The van der Waals surface area contributed by atoms with Crippen molar-refractivity contribution in [3.8, 4) is 5.69 Å². The molecule has 0 radical (unpaired) electrons. The average Bonchev–Trinajstić information content (AvgIpc) is 2.64. The van der Waals surface area contributed by atoms with E-state index in [2.05, 4.69) is 5.10 Å². The fourth-order valence-electron chi connectivity index (χ4n) is 1.54. The highest BCUT2D eigenvalue weighted by Gasteiger charge is 2.08. The topological polar surface area (TPSA) is 43.8 Å². The SMILES string of the molecule is Cc1cnn(-c2ccc(C(C)N)cc2F)c1. The second-order valence-corrected chi connectivity index (χ2v) is 3.96. The molecule has 0 aliphatic rings. The van der Waals surface area contributed by atoms with Crippen molar-refractivity contribution in [2.24, 2.45) is 5.73 Å². The minimum absolute atomic E-state index is 0.164. The Morgan fingerprint density at radius 2 is 2.19 bits per heavy atom. The third-order valence-electron chi connectivity index (χ3n) is 2.46. The summed E-state index contributed by atoms with van der Waals surface area (Å²) in [6.45, 7) is 3.74. The lowest BCUT2D eigenvalue weighted by Crippen LogP contribution is -2.06. The standard InChI is InChI=1S/C12H14FN3/c1-8-6-15-16(7-8)12-4-3-10(9(2)14)5-11(12)13/h3-7,9H,14H2,1-2H3. The van der Waals surface area contributed by atoms with Crippen LogP contribution < -0.4 is 5.73 Å². The number of nitrogens with zero attached hydrogens (tertiary/aromatic N) is 2. The van der Waals surface area contributed by atoms with E-state index >= 15 is 0 Å². The first kappa shape index (κ1) is 10.8. The van der Waals surface area contributed by atoms with E-state index in [1.807, 2.05) is 19.9 Å². The minimum atomic E-state index is -0.307. The first-order valence-electron chi connectivity index (χ1n) is 5.14. The van der Waals surface area contributed by atoms with Crippen molar-refractivity contribution < 1.29 is 4.39 Å². The summed E-state index contributed by atoms with van der Waals surface area (Å²) in [6, 6.07) is 4.81. The van der Waals surface area contributed by atoms with Crippen LogP contribution in [-0.4, -0.2) is 9.78 Å². The molecule has 4 heteroatoms. The van der Waals surface area contributed by atoms with Gasteiger partial charge in [0.1, 0.15) is 11.5 Å². The molecule has 3 nitrogen and oxygen atoms in total. The lowest BCUT2D eigenvalue weighted by Gasteiger charge is -2.08. The lowest BCUT2D eigenvalue weighted by molar-refractivity contribution is 0.606. The maximum Gasteiger partial charge on any atom is 0.149 e. The number of halogens is 1. The Balaban J connectivity index is 2.44. The molecule has 2 aromatic rings. The average molecular weight is 219 g/mol. The maximum absolute atomic E-state index is 13.8. The van der Waals surface area contributed by atoms with Crippen molar-refractivity contribution in [2.75, 3.05) is 0 Å². The third kappa shape index (κ3) is 1.97. The van der Waals surface area contributed by atoms with Crippen LogP contribution in [0, 0.1) is 12.7 Å². The summed E-state index contributed by atoms with van der Waals surface area (Å²) >= 11 is 0. The first-order chi connectivity index (χ1) is 7.58. The molecule has 0 aliphatic heterocycles. The Hall–Kier alpha value is -1.68. The van der Waals surface area contributed by atoms with Crippen LogP contribution in [-0.2, 0) is 0 Å². The highest BCUT2D eigenvalue weighted by molar-refractivity contribution is 5.37. The second-order valence-electron chi connectivity index (χ2n) is 3.96. The van der Waals surface area contributed by atoms with E-state index in [1.165, 1.54) is 10.7 Å². The van der Waals surface area contributed by atoms with Crippen LogP contribution in [0.5, 0.6) is 0 Å². The molecule has 2 rings (SSSR count). The van der Waals surface area contributed by atoms with Gasteiger partial charge in [-0.2, -0.15) is 5.10 Å². The fourth-order valence-corrected chi connectivity index (χ4v) is 1.54. The summed E-state index contributed by atoms with van der Waals surface area (Å²) in [6.07, 6.45) is 3.48. The highest BCUT2D eigenvalue weighted by Crippen LogP contribution is 2.18. The third-order valence-corrected chi connectivity index (χ3v) is 2.46. The summed E-state index contributed by atoms with van der Waals surface area (Å²) < 4.78 is 15.3. The molecule has 16 heavy (non-hydrogen) atoms. The summed E-state index contributed by atoms with van der Waals surface area (Å²) in [5, 5.41) is 4.07. The van der Waals surface area contributed by atoms with Crippen LogP contribution in [0.3, 0.4) is 0 Å². The van der Waals surface area contributed by atoms with Crippen LogP contribution in [0.25, 0.3) is 5.69 Å². The molecule has 1 atom stereocenters. The first-order valence-corrected chi connectivity index (χ1v) is 5.14. The van der Waals surface area contributed by atoms with Gasteiger partial charge < -0.3 is 5.73 Å². The zero-order valence-electron chi connectivity index (χ0n) is 9.31. The number of rotatable bonds is 2. The van der Waals surface area contributed by atoms with Crippen molar-refractivity contribution in [3.05, 3.63) is 47.5 Å². The van der Waals surface area contributed by atoms with E-state index < -0.39 is 0 Å². The van der Waals surface area contributed by atoms with E-state index in [4.69, 9.17) is 5.73 Å². The van der Waals surface area contributed by atoms with Gasteiger partial charge >= 0.3 is 0 Å². The van der Waals surface area contributed by atoms with E-state index in [0.717, 1.165) is 11.1 Å². The molecular weight excluding hydrogens is 205 g/mol. The Kier molecular flexibility index (Phi) is 2.75. The molecule has 1 unspecified atom stereocenters. The van der Waals surface area contributed by atoms with Crippen molar-refractivity contribution in [2.45, 2.75) is 19.9 Å². The van der Waals surface area contributed by atoms with Crippen molar-refractivity contribution in [3.63, 3.8) is 0 Å². The number of benzene rings is 1. The van der Waals surface area contributed by atoms with Gasteiger partial charge in [-0.15, -0.1) is 0 Å². The number of nitrogens with two attached hydrogens (primary N) is 1. The zero-order valence-corrected chi connectivity index (χ0v) is 9.31. The maximum atomic E-state index is 13.8. The molecule has 2 N–H and O–H groups in total. The summed E-state index contributed by atoms with van der Waals surface area (Å²) in [5.74, 6) is -0.307. The normalized spacial score (nSPS) is 12.8. The zero-order chi connectivity index (χ0) is 11.7. The van der Waals surface area contributed by atoms with Crippen LogP contribution >= 0.6 is 0 Å². The fraction of sp³-hybridized carbons (Fsp3) is 0.250. The Morgan fingerprint density at radius 3 is 2.69 bits per heavy atom. The van der Waals surface area contributed by atoms with E-state index in [-0.39, 0.29) is 11.9 Å². The van der Waals surface area contributed by atoms with Gasteiger partial charge in [-0.25, -0.2) is 9.07 Å². The van der Waals surface area contributed by atoms with Gasteiger partial charge in [0, 0.05) is 12.2 Å². The molecule has 0 spiro atoms. The monoisotopic (exact) mass is 219 g/mol. The van der Waals surface area contributed by atoms with Gasteiger partial charge in [0.2, 0.25) is 0 Å². The van der Waals surface area contributed by atoms with E-state index in [1.54, 1.807) is 18.5 Å². The van der Waals surface area contributed by atoms with Gasteiger partial charge in [-0.3, -0.25) is 0 Å². The van der Waals surface area contributed by atoms with Gasteiger partial charge in [0.05, 0.1) is 6.20 Å². The van der Waals surface area contributed by atoms with Crippen LogP contribution in [0.1, 0.15) is 24.1 Å². The molecule has 0 saturated heterocycles. The smallest absolute Gasteiger partial charge is 0.149 e. The molecule has 84 valence electrons. The molecular formula is C12H14FN3. The predicted molar refractivity (Wildman–Crippen MR) is 60.9 cm³/mol. The quantitative estimate of drug-likeness (QED) is 0.842. The van der Waals surface area contributed by atoms with Gasteiger partial charge in [-0.1, -0.05) is 6.07 Å². The summed E-state index contributed by atoms with van der Waals surface area (Å²) in [5.41, 5.74) is 7.91. The molecule has 0 fully saturated rings. The Bertz CT molecular complexity index is 503. The molecule has 0 saturated carbocycles. The summed E-state index contributed by atoms with van der Waals surface area (Å²) in [7, 11) is 0. The number of hydrogen-bond donors (Lipinski definition) is 1. The van der Waals surface area contributed by atoms with Crippen LogP contribution in [0.4, 0.5) is 4.39 Å². The van der Waals surface area contributed by atoms with Gasteiger partial charge in [0.15, 0.2) is 0 Å². The van der Waals surface area contributed by atoms with Crippen LogP contribution in [0.2, 0.25) is 0 Å². The van der Waals surface area contributed by atoms with Gasteiger partial charge in [-0.05, 0) is 37.1 Å². The molecule has 1 heterocycles. The van der Waals surface area contributed by atoms with E-state index in [0.29, 0.717) is 5.69 Å². The van der Waals surface area contributed by atoms with Crippen LogP contribution in [0.15, 0.2) is 30.6 Å². The molecule has 1 aromatic carbocycles. The summed E-state index contributed by atoms with van der Waals surface area (Å²) in [4.78, 5) is 0.